The third-order valence-corrected chi connectivity index (χ3v) is 3.18. The fourth-order valence-corrected chi connectivity index (χ4v) is 2.01. The molecular weight excluding hydrogens is 335 g/mol. The molecule has 0 spiro atoms. The van der Waals surface area contributed by atoms with Crippen molar-refractivity contribution in [3.8, 4) is 0 Å². The molecule has 132 valence electrons. The Morgan fingerprint density at radius 3 is 2.24 bits per heavy atom. The molecule has 0 atom stereocenters. The van der Waals surface area contributed by atoms with E-state index >= 15 is 0 Å². The van der Waals surface area contributed by atoms with Gasteiger partial charge in [0.25, 0.3) is 0 Å². The highest BCUT2D eigenvalue weighted by Gasteiger charge is 2.29. The van der Waals surface area contributed by atoms with Crippen LogP contribution in [-0.4, -0.2) is 18.5 Å². The van der Waals surface area contributed by atoms with Gasteiger partial charge >= 0.3 is 12.2 Å². The van der Waals surface area contributed by atoms with Crippen LogP contribution in [0.4, 0.5) is 29.3 Å². The maximum atomic E-state index is 12.5. The minimum absolute atomic E-state index is 0.207. The molecule has 25 heavy (non-hydrogen) atoms. The van der Waals surface area contributed by atoms with Gasteiger partial charge in [0.1, 0.15) is 0 Å². The van der Waals surface area contributed by atoms with Gasteiger partial charge in [-0.05, 0) is 48.9 Å². The zero-order chi connectivity index (χ0) is 18.4. The maximum absolute atomic E-state index is 12.5. The summed E-state index contributed by atoms with van der Waals surface area (Å²) in [5.41, 5.74) is 0.957. The number of hydrogen-bond acceptors (Lipinski definition) is 2. The molecule has 0 saturated carbocycles. The smallest absolute Gasteiger partial charge is 0.329 e. The predicted molar refractivity (Wildman–Crippen MR) is 88.3 cm³/mol. The highest BCUT2D eigenvalue weighted by Crippen LogP contribution is 2.29. The van der Waals surface area contributed by atoms with Crippen molar-refractivity contribution in [1.29, 1.82) is 0 Å². The Morgan fingerprint density at radius 2 is 1.64 bits per heavy atom. The molecule has 0 aliphatic rings. The topological polar surface area (TPSA) is 70.2 Å². The van der Waals surface area contributed by atoms with Crippen molar-refractivity contribution in [2.75, 3.05) is 17.2 Å². The van der Waals surface area contributed by atoms with Crippen molar-refractivity contribution in [2.45, 2.75) is 13.1 Å². The Kier molecular flexibility index (Phi) is 5.63. The van der Waals surface area contributed by atoms with Crippen molar-refractivity contribution in [1.82, 2.24) is 5.32 Å². The van der Waals surface area contributed by atoms with Crippen LogP contribution in [0.15, 0.2) is 48.5 Å². The number of benzene rings is 2. The Morgan fingerprint density at radius 1 is 0.960 bits per heavy atom. The summed E-state index contributed by atoms with van der Waals surface area (Å²) in [5.74, 6) is -0.556. The van der Waals surface area contributed by atoms with E-state index in [0.717, 1.165) is 29.8 Å². The molecule has 0 aliphatic carbocycles. The predicted octanol–water partition coefficient (Wildman–Crippen LogP) is 3.77. The summed E-state index contributed by atoms with van der Waals surface area (Å²) in [6.07, 6.45) is -4.43. The number of carbonyl (C=O) groups excluding carboxylic acids is 2. The first-order valence-corrected chi connectivity index (χ1v) is 7.33. The summed E-state index contributed by atoms with van der Waals surface area (Å²) in [7, 11) is 0. The molecule has 0 saturated heterocycles. The fraction of sp³-hybridized carbons (Fsp3) is 0.176. The second kappa shape index (κ2) is 7.69. The summed E-state index contributed by atoms with van der Waals surface area (Å²) >= 11 is 0. The van der Waals surface area contributed by atoms with Crippen LogP contribution >= 0.6 is 0 Å². The molecule has 0 fully saturated rings. The van der Waals surface area contributed by atoms with Crippen LogP contribution in [-0.2, 0) is 11.0 Å². The summed E-state index contributed by atoms with van der Waals surface area (Å²) in [6.45, 7) is 1.55. The Balaban J connectivity index is 1.81. The third-order valence-electron chi connectivity index (χ3n) is 3.18. The monoisotopic (exact) mass is 351 g/mol. The zero-order valence-corrected chi connectivity index (χ0v) is 13.3. The SMILES string of the molecule is Cc1cccc(NC(=O)NCC(=O)Nc2ccc(C(F)(F)F)cc2)c1. The van der Waals surface area contributed by atoms with Gasteiger partial charge in [-0.3, -0.25) is 4.79 Å². The van der Waals surface area contributed by atoms with Crippen LogP contribution in [0, 0.1) is 6.92 Å². The van der Waals surface area contributed by atoms with Crippen LogP contribution in [0.25, 0.3) is 0 Å². The van der Waals surface area contributed by atoms with Gasteiger partial charge in [0, 0.05) is 11.4 Å². The van der Waals surface area contributed by atoms with E-state index in [9.17, 15) is 22.8 Å². The van der Waals surface area contributed by atoms with Gasteiger partial charge in [-0.2, -0.15) is 13.2 Å². The first kappa shape index (κ1) is 18.3. The number of rotatable bonds is 4. The average molecular weight is 351 g/mol. The van der Waals surface area contributed by atoms with Crippen molar-refractivity contribution >= 4 is 23.3 Å². The van der Waals surface area contributed by atoms with Gasteiger partial charge < -0.3 is 16.0 Å². The van der Waals surface area contributed by atoms with Crippen LogP contribution in [0.1, 0.15) is 11.1 Å². The number of anilines is 2. The molecular formula is C17H16F3N3O2. The number of halogens is 3. The normalized spacial score (nSPS) is 10.9. The van der Waals surface area contributed by atoms with Crippen LogP contribution in [0.5, 0.6) is 0 Å². The first-order valence-electron chi connectivity index (χ1n) is 7.33. The molecule has 3 amide bonds. The molecule has 0 unspecified atom stereocenters. The second-order valence-corrected chi connectivity index (χ2v) is 5.30. The Bertz CT molecular complexity index is 758. The van der Waals surface area contributed by atoms with E-state index in [0.29, 0.717) is 5.69 Å². The van der Waals surface area contributed by atoms with Crippen LogP contribution in [0.3, 0.4) is 0 Å². The lowest BCUT2D eigenvalue weighted by atomic mass is 10.2. The van der Waals surface area contributed by atoms with Gasteiger partial charge in [-0.1, -0.05) is 12.1 Å². The van der Waals surface area contributed by atoms with Crippen molar-refractivity contribution < 1.29 is 22.8 Å². The molecule has 5 nitrogen and oxygen atoms in total. The molecule has 0 aliphatic heterocycles. The van der Waals surface area contributed by atoms with E-state index in [1.807, 2.05) is 13.0 Å². The van der Waals surface area contributed by atoms with E-state index < -0.39 is 23.7 Å². The Hall–Kier alpha value is -3.03. The fourth-order valence-electron chi connectivity index (χ4n) is 2.01. The number of urea groups is 1. The quantitative estimate of drug-likeness (QED) is 0.785. The summed E-state index contributed by atoms with van der Waals surface area (Å²) in [6, 6.07) is 10.6. The lowest BCUT2D eigenvalue weighted by molar-refractivity contribution is -0.137. The number of nitrogens with one attached hydrogen (secondary N) is 3. The molecule has 0 bridgehead atoms. The number of alkyl halides is 3. The zero-order valence-electron chi connectivity index (χ0n) is 13.3. The van der Waals surface area contributed by atoms with E-state index in [-0.39, 0.29) is 12.2 Å². The summed E-state index contributed by atoms with van der Waals surface area (Å²) in [5, 5.41) is 7.34. The van der Waals surface area contributed by atoms with Crippen molar-refractivity contribution in [3.63, 3.8) is 0 Å². The number of aryl methyl sites for hydroxylation is 1. The molecule has 2 aromatic rings. The van der Waals surface area contributed by atoms with Gasteiger partial charge in [0.05, 0.1) is 12.1 Å². The molecule has 8 heteroatoms. The first-order chi connectivity index (χ1) is 11.7. The summed E-state index contributed by atoms with van der Waals surface area (Å²) < 4.78 is 37.4. The van der Waals surface area contributed by atoms with E-state index in [4.69, 9.17) is 0 Å². The molecule has 2 rings (SSSR count). The lowest BCUT2D eigenvalue weighted by Gasteiger charge is -2.10. The minimum atomic E-state index is -4.43. The lowest BCUT2D eigenvalue weighted by Crippen LogP contribution is -2.35. The van der Waals surface area contributed by atoms with Gasteiger partial charge in [0.15, 0.2) is 0 Å². The number of amides is 3. The van der Waals surface area contributed by atoms with E-state index in [2.05, 4.69) is 16.0 Å². The largest absolute Gasteiger partial charge is 0.416 e. The summed E-state index contributed by atoms with van der Waals surface area (Å²) in [4.78, 5) is 23.4. The Labute approximate surface area is 142 Å². The number of carbonyl (C=O) groups is 2. The molecule has 0 aromatic heterocycles. The minimum Gasteiger partial charge on any atom is -0.329 e. The van der Waals surface area contributed by atoms with Crippen molar-refractivity contribution in [3.05, 3.63) is 59.7 Å². The average Bonchev–Trinajstić information content (AvgIpc) is 2.53. The van der Waals surface area contributed by atoms with Crippen LogP contribution < -0.4 is 16.0 Å². The van der Waals surface area contributed by atoms with E-state index in [1.165, 1.54) is 0 Å². The molecule has 0 radical (unpaired) electrons. The standard InChI is InChI=1S/C17H16F3N3O2/c1-11-3-2-4-14(9-11)23-16(25)21-10-15(24)22-13-7-5-12(6-8-13)17(18,19)20/h2-9H,10H2,1H3,(H,22,24)(H2,21,23,25). The molecule has 3 N–H and O–H groups in total. The van der Waals surface area contributed by atoms with Gasteiger partial charge in [-0.15, -0.1) is 0 Å². The maximum Gasteiger partial charge on any atom is 0.416 e. The van der Waals surface area contributed by atoms with Crippen LogP contribution in [0.2, 0.25) is 0 Å². The number of hydrogen-bond donors (Lipinski definition) is 3. The highest BCUT2D eigenvalue weighted by molar-refractivity contribution is 5.96. The van der Waals surface area contributed by atoms with E-state index in [1.54, 1.807) is 18.2 Å². The highest BCUT2D eigenvalue weighted by atomic mass is 19.4. The molecule has 2 aromatic carbocycles. The van der Waals surface area contributed by atoms with Gasteiger partial charge in [0.2, 0.25) is 5.91 Å². The van der Waals surface area contributed by atoms with Crippen molar-refractivity contribution in [2.24, 2.45) is 0 Å². The van der Waals surface area contributed by atoms with Gasteiger partial charge in [-0.25, -0.2) is 4.79 Å². The second-order valence-electron chi connectivity index (χ2n) is 5.30. The molecule has 0 heterocycles. The third kappa shape index (κ3) is 5.83.